The summed E-state index contributed by atoms with van der Waals surface area (Å²) < 4.78 is 5.25. The largest absolute Gasteiger partial charge is 0.384 e. The van der Waals surface area contributed by atoms with Gasteiger partial charge in [0.15, 0.2) is 0 Å². The molecule has 1 unspecified atom stereocenters. The van der Waals surface area contributed by atoms with E-state index in [0.717, 1.165) is 25.0 Å². The minimum absolute atomic E-state index is 0.591. The van der Waals surface area contributed by atoms with Gasteiger partial charge in [0.1, 0.15) is 0 Å². The summed E-state index contributed by atoms with van der Waals surface area (Å²) in [6, 6.07) is 0.591. The molecule has 0 radical (unpaired) electrons. The normalized spacial score (nSPS) is 21.0. The standard InChI is InChI=1S/C14H30N2O/c1-4-13(5-2)14(10-15)16-8-6-12(7-9-16)11-17-3/h12-14H,4-11,15H2,1-3H3. The molecule has 1 heterocycles. The van der Waals surface area contributed by atoms with Crippen LogP contribution in [0.15, 0.2) is 0 Å². The zero-order chi connectivity index (χ0) is 12.7. The van der Waals surface area contributed by atoms with Crippen LogP contribution in [0.5, 0.6) is 0 Å². The zero-order valence-electron chi connectivity index (χ0n) is 11.8. The van der Waals surface area contributed by atoms with Crippen molar-refractivity contribution in [2.24, 2.45) is 17.6 Å². The molecule has 1 rings (SSSR count). The number of nitrogens with zero attached hydrogens (tertiary/aromatic N) is 1. The van der Waals surface area contributed by atoms with Crippen molar-refractivity contribution in [2.75, 3.05) is 33.4 Å². The van der Waals surface area contributed by atoms with Crippen molar-refractivity contribution in [3.05, 3.63) is 0 Å². The molecule has 1 fully saturated rings. The van der Waals surface area contributed by atoms with Crippen LogP contribution in [-0.4, -0.2) is 44.3 Å². The number of methoxy groups -OCH3 is 1. The lowest BCUT2D eigenvalue weighted by Crippen LogP contribution is -2.49. The molecular formula is C14H30N2O. The Balaban J connectivity index is 2.44. The molecule has 17 heavy (non-hydrogen) atoms. The van der Waals surface area contributed by atoms with Gasteiger partial charge in [-0.25, -0.2) is 0 Å². The first kappa shape index (κ1) is 14.9. The Morgan fingerprint density at radius 3 is 2.24 bits per heavy atom. The average molecular weight is 242 g/mol. The van der Waals surface area contributed by atoms with Gasteiger partial charge in [0, 0.05) is 26.3 Å². The highest BCUT2D eigenvalue weighted by atomic mass is 16.5. The van der Waals surface area contributed by atoms with E-state index in [4.69, 9.17) is 10.5 Å². The predicted molar refractivity (Wildman–Crippen MR) is 73.1 cm³/mol. The van der Waals surface area contributed by atoms with E-state index in [0.29, 0.717) is 6.04 Å². The van der Waals surface area contributed by atoms with Gasteiger partial charge in [-0.05, 0) is 37.8 Å². The third-order valence-corrected chi connectivity index (χ3v) is 4.35. The maximum atomic E-state index is 5.98. The molecule has 0 aliphatic carbocycles. The molecule has 1 aliphatic heterocycles. The highest BCUT2D eigenvalue weighted by Gasteiger charge is 2.28. The molecule has 1 atom stereocenters. The number of piperidine rings is 1. The smallest absolute Gasteiger partial charge is 0.0491 e. The van der Waals surface area contributed by atoms with E-state index < -0.39 is 0 Å². The molecule has 2 N–H and O–H groups in total. The third kappa shape index (κ3) is 4.23. The second-order valence-electron chi connectivity index (χ2n) is 5.31. The van der Waals surface area contributed by atoms with Crippen LogP contribution >= 0.6 is 0 Å². The Labute approximate surface area is 107 Å². The Hall–Kier alpha value is -0.120. The van der Waals surface area contributed by atoms with E-state index in [9.17, 15) is 0 Å². The number of hydrogen-bond acceptors (Lipinski definition) is 3. The van der Waals surface area contributed by atoms with Gasteiger partial charge in [-0.3, -0.25) is 4.90 Å². The minimum atomic E-state index is 0.591. The molecule has 0 aromatic rings. The van der Waals surface area contributed by atoms with Gasteiger partial charge in [-0.15, -0.1) is 0 Å². The molecule has 0 aromatic carbocycles. The Morgan fingerprint density at radius 2 is 1.82 bits per heavy atom. The van der Waals surface area contributed by atoms with Gasteiger partial charge < -0.3 is 10.5 Å². The number of rotatable bonds is 7. The number of ether oxygens (including phenoxy) is 1. The fourth-order valence-electron chi connectivity index (χ4n) is 3.16. The summed E-state index contributed by atoms with van der Waals surface area (Å²) in [5.41, 5.74) is 5.98. The van der Waals surface area contributed by atoms with E-state index >= 15 is 0 Å². The summed E-state index contributed by atoms with van der Waals surface area (Å²) in [4.78, 5) is 2.61. The molecule has 1 aliphatic rings. The van der Waals surface area contributed by atoms with Crippen LogP contribution in [0.1, 0.15) is 39.5 Å². The van der Waals surface area contributed by atoms with Crippen LogP contribution in [0.4, 0.5) is 0 Å². The Morgan fingerprint density at radius 1 is 1.24 bits per heavy atom. The number of hydrogen-bond donors (Lipinski definition) is 1. The molecule has 3 heteroatoms. The van der Waals surface area contributed by atoms with E-state index in [2.05, 4.69) is 18.7 Å². The Bertz CT molecular complexity index is 187. The summed E-state index contributed by atoms with van der Waals surface area (Å²) in [7, 11) is 1.80. The highest BCUT2D eigenvalue weighted by Crippen LogP contribution is 2.24. The molecule has 0 saturated carbocycles. The van der Waals surface area contributed by atoms with Gasteiger partial charge >= 0.3 is 0 Å². The van der Waals surface area contributed by atoms with E-state index in [-0.39, 0.29) is 0 Å². The second-order valence-corrected chi connectivity index (χ2v) is 5.31. The van der Waals surface area contributed by atoms with Crippen LogP contribution in [0.3, 0.4) is 0 Å². The van der Waals surface area contributed by atoms with Gasteiger partial charge in [0.25, 0.3) is 0 Å². The van der Waals surface area contributed by atoms with Crippen molar-refractivity contribution >= 4 is 0 Å². The van der Waals surface area contributed by atoms with Gasteiger partial charge in [0.05, 0.1) is 0 Å². The molecule has 0 bridgehead atoms. The van der Waals surface area contributed by atoms with E-state index in [1.165, 1.54) is 38.8 Å². The van der Waals surface area contributed by atoms with Gasteiger partial charge in [-0.2, -0.15) is 0 Å². The first-order chi connectivity index (χ1) is 8.26. The van der Waals surface area contributed by atoms with E-state index in [1.807, 2.05) is 0 Å². The number of likely N-dealkylation sites (tertiary alicyclic amines) is 1. The lowest BCUT2D eigenvalue weighted by atomic mass is 9.89. The van der Waals surface area contributed by atoms with Gasteiger partial charge in [0.2, 0.25) is 0 Å². The third-order valence-electron chi connectivity index (χ3n) is 4.35. The second kappa shape index (κ2) is 8.06. The molecule has 1 saturated heterocycles. The van der Waals surface area contributed by atoms with Crippen LogP contribution in [0.25, 0.3) is 0 Å². The monoisotopic (exact) mass is 242 g/mol. The number of nitrogens with two attached hydrogens (primary N) is 1. The minimum Gasteiger partial charge on any atom is -0.384 e. The summed E-state index contributed by atoms with van der Waals surface area (Å²) in [6.07, 6.45) is 5.03. The topological polar surface area (TPSA) is 38.5 Å². The van der Waals surface area contributed by atoms with Gasteiger partial charge in [-0.1, -0.05) is 26.7 Å². The summed E-state index contributed by atoms with van der Waals surface area (Å²) in [5, 5.41) is 0. The van der Waals surface area contributed by atoms with Crippen LogP contribution in [0, 0.1) is 11.8 Å². The SMILES string of the molecule is CCC(CC)C(CN)N1CCC(COC)CC1. The van der Waals surface area contributed by atoms with E-state index in [1.54, 1.807) is 7.11 Å². The van der Waals surface area contributed by atoms with Crippen molar-refractivity contribution < 1.29 is 4.74 Å². The van der Waals surface area contributed by atoms with Crippen LogP contribution in [0.2, 0.25) is 0 Å². The van der Waals surface area contributed by atoms with Crippen molar-refractivity contribution in [3.63, 3.8) is 0 Å². The summed E-state index contributed by atoms with van der Waals surface area (Å²) in [6.45, 7) is 8.70. The van der Waals surface area contributed by atoms with Crippen molar-refractivity contribution in [3.8, 4) is 0 Å². The molecule has 0 aromatic heterocycles. The van der Waals surface area contributed by atoms with Crippen molar-refractivity contribution in [1.29, 1.82) is 0 Å². The van der Waals surface area contributed by atoms with Crippen LogP contribution < -0.4 is 5.73 Å². The molecular weight excluding hydrogens is 212 g/mol. The molecule has 0 amide bonds. The summed E-state index contributed by atoms with van der Waals surface area (Å²) >= 11 is 0. The van der Waals surface area contributed by atoms with Crippen LogP contribution in [-0.2, 0) is 4.74 Å². The molecule has 102 valence electrons. The quantitative estimate of drug-likeness (QED) is 0.743. The molecule has 0 spiro atoms. The average Bonchev–Trinajstić information content (AvgIpc) is 2.37. The maximum absolute atomic E-state index is 5.98. The first-order valence-corrected chi connectivity index (χ1v) is 7.19. The van der Waals surface area contributed by atoms with Crippen molar-refractivity contribution in [2.45, 2.75) is 45.6 Å². The lowest BCUT2D eigenvalue weighted by Gasteiger charge is -2.40. The maximum Gasteiger partial charge on any atom is 0.0491 e. The lowest BCUT2D eigenvalue weighted by molar-refractivity contribution is 0.0620. The zero-order valence-corrected chi connectivity index (χ0v) is 11.8. The van der Waals surface area contributed by atoms with Crippen molar-refractivity contribution in [1.82, 2.24) is 4.90 Å². The molecule has 3 nitrogen and oxygen atoms in total. The fourth-order valence-corrected chi connectivity index (χ4v) is 3.16. The predicted octanol–water partition coefficient (Wildman–Crippen LogP) is 2.11. The Kier molecular flexibility index (Phi) is 7.09. The highest BCUT2D eigenvalue weighted by molar-refractivity contribution is 4.83. The fraction of sp³-hybridized carbons (Fsp3) is 1.00. The summed E-state index contributed by atoms with van der Waals surface area (Å²) in [5.74, 6) is 1.52. The first-order valence-electron chi connectivity index (χ1n) is 7.19.